The number of aliphatic hydroxyl groups excluding tert-OH is 1. The summed E-state index contributed by atoms with van der Waals surface area (Å²) in [7, 11) is 1.66. The molecular formula is C48H44N2O12. The van der Waals surface area contributed by atoms with E-state index in [2.05, 4.69) is 22.5 Å². The topological polar surface area (TPSA) is 213 Å². The summed E-state index contributed by atoms with van der Waals surface area (Å²) in [5, 5.41) is 49.1. The Morgan fingerprint density at radius 2 is 1.26 bits per heavy atom. The van der Waals surface area contributed by atoms with Gasteiger partial charge in [0.15, 0.2) is 0 Å². The minimum absolute atomic E-state index is 0.0253. The molecule has 2 bridgehead atoms. The highest BCUT2D eigenvalue weighted by Crippen LogP contribution is 2.42. The number of aromatic carboxylic acids is 2. The van der Waals surface area contributed by atoms with Crippen LogP contribution in [-0.2, 0) is 0 Å². The largest absolute Gasteiger partial charge is 0.507 e. The molecule has 6 aromatic rings. The molecule has 4 heterocycles. The lowest BCUT2D eigenvalue weighted by molar-refractivity contribution is -0.0444. The number of nitrogens with zero attached hydrogens (tertiary/aromatic N) is 2. The van der Waals surface area contributed by atoms with Gasteiger partial charge in [-0.25, -0.2) is 19.2 Å². The second-order valence-corrected chi connectivity index (χ2v) is 14.4. The number of aromatic nitrogens is 1. The van der Waals surface area contributed by atoms with E-state index in [0.29, 0.717) is 11.8 Å². The van der Waals surface area contributed by atoms with Gasteiger partial charge in [-0.15, -0.1) is 6.58 Å². The van der Waals surface area contributed by atoms with E-state index in [1.807, 2.05) is 24.3 Å². The van der Waals surface area contributed by atoms with E-state index in [-0.39, 0.29) is 51.3 Å². The normalized spacial score (nSPS) is 17.8. The standard InChI is InChI=1S/C20H24N2O2.2C14H10O5/c1-3-13-12-22-9-7-14(13)10-19(22)20(23)16-6-8-21-18-5-4-15(24-2)11-17(16)18;2*15-11-7-3-1-5-9(11)14(18)19-12-8-4-2-6-10(12)13(16)17/h3-6,8,11,13-14,19-20,23H,1,7,9-10,12H2,2H3;2*1-8,15H,(H,16,17)/t13?,14-,19?,20?;;/m1../s1. The molecule has 5 atom stereocenters. The second kappa shape index (κ2) is 20.1. The molecule has 0 saturated carbocycles. The Kier molecular flexibility index (Phi) is 14.3. The number of fused-ring (bicyclic) bond motifs is 4. The van der Waals surface area contributed by atoms with E-state index in [4.69, 9.17) is 24.4 Å². The Hall–Kier alpha value is -7.55. The third-order valence-corrected chi connectivity index (χ3v) is 10.7. The lowest BCUT2D eigenvalue weighted by Gasteiger charge is -2.50. The number of ether oxygens (including phenoxy) is 3. The zero-order valence-corrected chi connectivity index (χ0v) is 33.5. The Morgan fingerprint density at radius 1 is 0.742 bits per heavy atom. The number of phenolic OH excluding ortho intramolecular Hbond substituents is 2. The molecule has 4 unspecified atom stereocenters. The minimum Gasteiger partial charge on any atom is -0.507 e. The zero-order valence-electron chi connectivity index (χ0n) is 33.5. The van der Waals surface area contributed by atoms with Crippen LogP contribution in [0.1, 0.15) is 65.9 Å². The first-order valence-electron chi connectivity index (χ1n) is 19.5. The van der Waals surface area contributed by atoms with Crippen molar-refractivity contribution in [2.24, 2.45) is 11.8 Å². The fourth-order valence-electron chi connectivity index (χ4n) is 7.51. The fourth-order valence-corrected chi connectivity index (χ4v) is 7.51. The summed E-state index contributed by atoms with van der Waals surface area (Å²) in [6.45, 7) is 6.07. The molecule has 0 amide bonds. The molecule has 0 aliphatic carbocycles. The second-order valence-electron chi connectivity index (χ2n) is 14.4. The lowest BCUT2D eigenvalue weighted by atomic mass is 9.73. The van der Waals surface area contributed by atoms with Crippen molar-refractivity contribution in [1.29, 1.82) is 0 Å². The Morgan fingerprint density at radius 3 is 1.73 bits per heavy atom. The molecule has 0 radical (unpaired) electrons. The van der Waals surface area contributed by atoms with Gasteiger partial charge in [0.1, 0.15) is 51.0 Å². The molecule has 318 valence electrons. The zero-order chi connectivity index (χ0) is 44.3. The van der Waals surface area contributed by atoms with Crippen LogP contribution < -0.4 is 14.2 Å². The Balaban J connectivity index is 0.000000157. The SMILES string of the molecule is C=CC1CN2CC[C@@H]1CC2C(O)c1ccnc2ccc(OC)cc12.O=C(Oc1ccccc1C(=O)O)c1ccccc1O.O=C(Oc1ccccc1C(=O)O)c1ccccc1O. The van der Waals surface area contributed by atoms with Crippen molar-refractivity contribution >= 4 is 34.8 Å². The third-order valence-electron chi connectivity index (χ3n) is 10.7. The molecule has 5 N–H and O–H groups in total. The van der Waals surface area contributed by atoms with Gasteiger partial charge < -0.3 is 39.7 Å². The number of phenols is 2. The summed E-state index contributed by atoms with van der Waals surface area (Å²) in [5.41, 5.74) is 1.56. The summed E-state index contributed by atoms with van der Waals surface area (Å²) >= 11 is 0. The van der Waals surface area contributed by atoms with Gasteiger partial charge in [-0.2, -0.15) is 0 Å². The van der Waals surface area contributed by atoms with Gasteiger partial charge in [0.05, 0.1) is 18.7 Å². The molecular weight excluding hydrogens is 797 g/mol. The minimum atomic E-state index is -1.19. The van der Waals surface area contributed by atoms with Gasteiger partial charge in [0, 0.05) is 24.2 Å². The van der Waals surface area contributed by atoms with Gasteiger partial charge >= 0.3 is 23.9 Å². The Labute approximate surface area is 356 Å². The number of esters is 2. The summed E-state index contributed by atoms with van der Waals surface area (Å²) in [5.74, 6) is -2.58. The van der Waals surface area contributed by atoms with Crippen LogP contribution in [0.15, 0.2) is 140 Å². The first kappa shape index (κ1) is 44.0. The molecule has 3 aliphatic rings. The van der Waals surface area contributed by atoms with Crippen molar-refractivity contribution in [3.05, 3.63) is 168 Å². The molecule has 5 aromatic carbocycles. The summed E-state index contributed by atoms with van der Waals surface area (Å²) in [6.07, 6.45) is 5.62. The number of methoxy groups -OCH3 is 1. The summed E-state index contributed by atoms with van der Waals surface area (Å²) in [6, 6.07) is 31.3. The van der Waals surface area contributed by atoms with Crippen molar-refractivity contribution in [2.75, 3.05) is 20.2 Å². The van der Waals surface area contributed by atoms with Crippen molar-refractivity contribution in [3.63, 3.8) is 0 Å². The van der Waals surface area contributed by atoms with Crippen LogP contribution in [0.2, 0.25) is 0 Å². The van der Waals surface area contributed by atoms with Gasteiger partial charge in [0.25, 0.3) is 0 Å². The quantitative estimate of drug-likeness (QED) is 0.0506. The number of piperidine rings is 3. The van der Waals surface area contributed by atoms with Gasteiger partial charge in [0.2, 0.25) is 0 Å². The van der Waals surface area contributed by atoms with E-state index in [9.17, 15) is 34.5 Å². The van der Waals surface area contributed by atoms with Gasteiger partial charge in [-0.05, 0) is 110 Å². The Bertz CT molecular complexity index is 2480. The van der Waals surface area contributed by atoms with Crippen molar-refractivity contribution in [2.45, 2.75) is 25.0 Å². The molecule has 3 aliphatic heterocycles. The molecule has 3 saturated heterocycles. The number of rotatable bonds is 10. The fraction of sp³-hybridized carbons (Fsp3) is 0.188. The summed E-state index contributed by atoms with van der Waals surface area (Å²) < 4.78 is 15.3. The number of carbonyl (C=O) groups excluding carboxylic acids is 2. The van der Waals surface area contributed by atoms with Gasteiger partial charge in [-0.3, -0.25) is 9.88 Å². The molecule has 62 heavy (non-hydrogen) atoms. The molecule has 1 aromatic heterocycles. The number of carbonyl (C=O) groups is 4. The van der Waals surface area contributed by atoms with Crippen LogP contribution in [0.3, 0.4) is 0 Å². The van der Waals surface area contributed by atoms with Crippen LogP contribution in [-0.4, -0.2) is 85.5 Å². The van der Waals surface area contributed by atoms with E-state index >= 15 is 0 Å². The number of para-hydroxylation sites is 4. The van der Waals surface area contributed by atoms with Crippen LogP contribution in [0.5, 0.6) is 28.7 Å². The molecule has 0 spiro atoms. The lowest BCUT2D eigenvalue weighted by Crippen LogP contribution is -2.54. The van der Waals surface area contributed by atoms with Crippen LogP contribution in [0, 0.1) is 11.8 Å². The van der Waals surface area contributed by atoms with Crippen LogP contribution in [0.4, 0.5) is 0 Å². The molecule has 14 nitrogen and oxygen atoms in total. The highest BCUT2D eigenvalue weighted by molar-refractivity contribution is 5.98. The average molecular weight is 841 g/mol. The number of pyridine rings is 1. The highest BCUT2D eigenvalue weighted by atomic mass is 16.5. The number of hydrogen-bond donors (Lipinski definition) is 5. The van der Waals surface area contributed by atoms with Crippen molar-refractivity contribution < 1.29 is 58.9 Å². The number of carboxylic acids is 2. The van der Waals surface area contributed by atoms with Crippen molar-refractivity contribution in [3.8, 4) is 28.7 Å². The number of carboxylic acid groups (broad SMARTS) is 2. The maximum atomic E-state index is 11.8. The van der Waals surface area contributed by atoms with E-state index in [0.717, 1.165) is 41.7 Å². The number of aromatic hydroxyl groups is 2. The molecule has 3 fully saturated rings. The number of aliphatic hydroxyl groups is 1. The number of benzene rings is 5. The number of hydrogen-bond acceptors (Lipinski definition) is 12. The van der Waals surface area contributed by atoms with E-state index < -0.39 is 30.0 Å². The van der Waals surface area contributed by atoms with Gasteiger partial charge in [-0.1, -0.05) is 54.6 Å². The average Bonchev–Trinajstić information content (AvgIpc) is 3.29. The van der Waals surface area contributed by atoms with Crippen LogP contribution in [0.25, 0.3) is 10.9 Å². The third kappa shape index (κ3) is 10.2. The first-order valence-corrected chi connectivity index (χ1v) is 19.5. The molecule has 14 heteroatoms. The summed E-state index contributed by atoms with van der Waals surface area (Å²) in [4.78, 5) is 52.5. The predicted octanol–water partition coefficient (Wildman–Crippen LogP) is 7.79. The van der Waals surface area contributed by atoms with Crippen LogP contribution >= 0.6 is 0 Å². The highest BCUT2D eigenvalue weighted by Gasteiger charge is 2.42. The predicted molar refractivity (Wildman–Crippen MR) is 228 cm³/mol. The van der Waals surface area contributed by atoms with E-state index in [1.54, 1.807) is 49.7 Å². The molecule has 9 rings (SSSR count). The van der Waals surface area contributed by atoms with E-state index in [1.165, 1.54) is 67.1 Å². The smallest absolute Gasteiger partial charge is 0.347 e. The first-order chi connectivity index (χ1) is 29.9. The van der Waals surface area contributed by atoms with Crippen molar-refractivity contribution in [1.82, 2.24) is 9.88 Å². The maximum absolute atomic E-state index is 11.8. The monoisotopic (exact) mass is 840 g/mol. The maximum Gasteiger partial charge on any atom is 0.347 e.